The van der Waals surface area contributed by atoms with Crippen LogP contribution in [0, 0.1) is 13.8 Å². The number of nitrogens with one attached hydrogen (secondary N) is 1. The molecular weight excluding hydrogens is 422 g/mol. The Balaban J connectivity index is 2.04. The van der Waals surface area contributed by atoms with Crippen molar-refractivity contribution < 1.29 is 14.3 Å². The van der Waals surface area contributed by atoms with Gasteiger partial charge in [-0.3, -0.25) is 4.79 Å². The number of rotatable bonds is 8. The van der Waals surface area contributed by atoms with Crippen molar-refractivity contribution in [1.29, 1.82) is 0 Å². The fourth-order valence-electron chi connectivity index (χ4n) is 3.86. The zero-order valence-corrected chi connectivity index (χ0v) is 20.2. The summed E-state index contributed by atoms with van der Waals surface area (Å²) >= 11 is 1.48. The Morgan fingerprint density at radius 1 is 1.34 bits per heavy atom. The number of benzene rings is 1. The first-order valence-corrected chi connectivity index (χ1v) is 11.7. The van der Waals surface area contributed by atoms with E-state index in [-0.39, 0.29) is 25.0 Å². The number of nitrogens with zero attached hydrogens (tertiary/aromatic N) is 2. The van der Waals surface area contributed by atoms with Crippen LogP contribution in [-0.4, -0.2) is 34.6 Å². The minimum atomic E-state index is -0.421. The van der Waals surface area contributed by atoms with E-state index in [1.54, 1.807) is 6.08 Å². The molecule has 1 N–H and O–H groups in total. The van der Waals surface area contributed by atoms with Gasteiger partial charge in [0.05, 0.1) is 23.7 Å². The smallest absolute Gasteiger partial charge is 0.338 e. The molecule has 6 nitrogen and oxygen atoms in total. The van der Waals surface area contributed by atoms with Gasteiger partial charge in [0, 0.05) is 11.7 Å². The predicted molar refractivity (Wildman–Crippen MR) is 130 cm³/mol. The van der Waals surface area contributed by atoms with Gasteiger partial charge < -0.3 is 15.0 Å². The van der Waals surface area contributed by atoms with Crippen molar-refractivity contribution in [2.24, 2.45) is 4.99 Å². The van der Waals surface area contributed by atoms with Gasteiger partial charge in [-0.1, -0.05) is 55.1 Å². The van der Waals surface area contributed by atoms with E-state index in [1.807, 2.05) is 57.1 Å². The lowest BCUT2D eigenvalue weighted by Crippen LogP contribution is -2.39. The molecule has 1 aromatic carbocycles. The van der Waals surface area contributed by atoms with E-state index in [2.05, 4.69) is 23.0 Å². The standard InChI is InChI=1S/C25H31N3O3S/c1-7-11-31-24(30)22-18(6)27-25-28(23(22)20-10-9-15(3)12-16(20)4)19(14-32-25)13-21(29)26-17(5)8-2/h7,9-10,12,14,17,23H,1,8,11,13H2,2-6H3,(H,26,29)/t17-,23+/m1/s1. The number of allylic oxidation sites excluding steroid dienone is 1. The molecule has 0 saturated carbocycles. The summed E-state index contributed by atoms with van der Waals surface area (Å²) in [5.74, 6) is -0.468. The van der Waals surface area contributed by atoms with Gasteiger partial charge in [0.15, 0.2) is 5.17 Å². The highest BCUT2D eigenvalue weighted by molar-refractivity contribution is 8.16. The summed E-state index contributed by atoms with van der Waals surface area (Å²) < 4.78 is 5.43. The first-order valence-electron chi connectivity index (χ1n) is 10.9. The Bertz CT molecular complexity index is 1030. The number of fused-ring (bicyclic) bond motifs is 1. The minimum absolute atomic E-state index is 0.0473. The molecule has 0 aliphatic carbocycles. The Kier molecular flexibility index (Phi) is 7.61. The van der Waals surface area contributed by atoms with E-state index in [1.165, 1.54) is 11.8 Å². The Labute approximate surface area is 194 Å². The van der Waals surface area contributed by atoms with E-state index < -0.39 is 12.0 Å². The third-order valence-electron chi connectivity index (χ3n) is 5.63. The van der Waals surface area contributed by atoms with Crippen LogP contribution in [0.3, 0.4) is 0 Å². The summed E-state index contributed by atoms with van der Waals surface area (Å²) in [6.45, 7) is 13.7. The molecule has 2 heterocycles. The number of amides is 1. The zero-order chi connectivity index (χ0) is 23.4. The van der Waals surface area contributed by atoms with Gasteiger partial charge in [-0.25, -0.2) is 9.79 Å². The number of aliphatic imine (C=N–C) groups is 1. The quantitative estimate of drug-likeness (QED) is 0.447. The van der Waals surface area contributed by atoms with Crippen molar-refractivity contribution >= 4 is 28.8 Å². The number of esters is 1. The van der Waals surface area contributed by atoms with E-state index in [4.69, 9.17) is 4.74 Å². The van der Waals surface area contributed by atoms with Gasteiger partial charge in [-0.15, -0.1) is 0 Å². The summed E-state index contributed by atoms with van der Waals surface area (Å²) in [4.78, 5) is 32.5. The van der Waals surface area contributed by atoms with Gasteiger partial charge in [-0.05, 0) is 50.7 Å². The molecule has 0 aromatic heterocycles. The van der Waals surface area contributed by atoms with Crippen LogP contribution in [-0.2, 0) is 14.3 Å². The topological polar surface area (TPSA) is 71.0 Å². The highest BCUT2D eigenvalue weighted by Crippen LogP contribution is 2.45. The summed E-state index contributed by atoms with van der Waals surface area (Å²) in [7, 11) is 0. The number of carbonyl (C=O) groups is 2. The second-order valence-electron chi connectivity index (χ2n) is 8.19. The lowest BCUT2D eigenvalue weighted by atomic mass is 9.90. The van der Waals surface area contributed by atoms with Crippen LogP contribution < -0.4 is 5.32 Å². The first kappa shape index (κ1) is 23.9. The van der Waals surface area contributed by atoms with E-state index in [9.17, 15) is 9.59 Å². The highest BCUT2D eigenvalue weighted by Gasteiger charge is 2.41. The molecule has 2 aliphatic heterocycles. The summed E-state index contributed by atoms with van der Waals surface area (Å²) in [6.07, 6.45) is 2.63. The van der Waals surface area contributed by atoms with Crippen LogP contribution in [0.15, 0.2) is 58.2 Å². The molecule has 170 valence electrons. The molecule has 0 saturated heterocycles. The molecule has 0 radical (unpaired) electrons. The number of ether oxygens (including phenoxy) is 1. The van der Waals surface area contributed by atoms with Crippen LogP contribution >= 0.6 is 11.8 Å². The minimum Gasteiger partial charge on any atom is -0.458 e. The molecule has 7 heteroatoms. The summed E-state index contributed by atoms with van der Waals surface area (Å²) in [5, 5.41) is 5.74. The van der Waals surface area contributed by atoms with Crippen molar-refractivity contribution in [2.75, 3.05) is 6.61 Å². The second kappa shape index (κ2) is 10.2. The molecule has 32 heavy (non-hydrogen) atoms. The van der Waals surface area contributed by atoms with Crippen LogP contribution in [0.4, 0.5) is 0 Å². The van der Waals surface area contributed by atoms with Crippen molar-refractivity contribution in [1.82, 2.24) is 10.2 Å². The summed E-state index contributed by atoms with van der Waals surface area (Å²) in [6, 6.07) is 5.88. The maximum absolute atomic E-state index is 13.1. The molecule has 2 aliphatic rings. The van der Waals surface area contributed by atoms with Crippen LogP contribution in [0.1, 0.15) is 56.3 Å². The maximum atomic E-state index is 13.1. The molecule has 1 amide bonds. The Morgan fingerprint density at radius 3 is 2.75 bits per heavy atom. The number of carbonyl (C=O) groups excluding carboxylic acids is 2. The van der Waals surface area contributed by atoms with Crippen molar-refractivity contribution in [3.63, 3.8) is 0 Å². The lowest BCUT2D eigenvalue weighted by Gasteiger charge is -2.37. The number of aryl methyl sites for hydroxylation is 2. The molecule has 1 aromatic rings. The van der Waals surface area contributed by atoms with Crippen molar-refractivity contribution in [3.05, 3.63) is 69.9 Å². The van der Waals surface area contributed by atoms with Gasteiger partial charge >= 0.3 is 5.97 Å². The molecule has 3 rings (SSSR count). The zero-order valence-electron chi connectivity index (χ0n) is 19.4. The molecule has 0 unspecified atom stereocenters. The number of amidine groups is 1. The SMILES string of the molecule is C=CCOC(=O)C1=C(C)N=C2SC=C(CC(=O)N[C@H](C)CC)N2[C@H]1c1ccc(C)cc1C. The Morgan fingerprint density at radius 2 is 2.09 bits per heavy atom. The van der Waals surface area contributed by atoms with Crippen molar-refractivity contribution in [3.8, 4) is 0 Å². The normalized spacial score (nSPS) is 18.5. The van der Waals surface area contributed by atoms with Crippen LogP contribution in [0.5, 0.6) is 0 Å². The third-order valence-corrected chi connectivity index (χ3v) is 6.52. The van der Waals surface area contributed by atoms with Crippen molar-refractivity contribution in [2.45, 2.75) is 59.5 Å². The predicted octanol–water partition coefficient (Wildman–Crippen LogP) is 4.91. The maximum Gasteiger partial charge on any atom is 0.338 e. The second-order valence-corrected chi connectivity index (χ2v) is 9.03. The number of thioether (sulfide) groups is 1. The van der Waals surface area contributed by atoms with E-state index in [0.29, 0.717) is 11.3 Å². The van der Waals surface area contributed by atoms with Gasteiger partial charge in [-0.2, -0.15) is 0 Å². The number of hydrogen-bond donors (Lipinski definition) is 1. The number of hydrogen-bond acceptors (Lipinski definition) is 6. The first-order chi connectivity index (χ1) is 15.3. The van der Waals surface area contributed by atoms with Gasteiger partial charge in [0.2, 0.25) is 5.91 Å². The molecule has 0 fully saturated rings. The summed E-state index contributed by atoms with van der Waals surface area (Å²) in [5.41, 5.74) is 5.13. The van der Waals surface area contributed by atoms with Crippen LogP contribution in [0.25, 0.3) is 0 Å². The average molecular weight is 454 g/mol. The highest BCUT2D eigenvalue weighted by atomic mass is 32.2. The lowest BCUT2D eigenvalue weighted by molar-refractivity contribution is -0.138. The average Bonchev–Trinajstić information content (AvgIpc) is 3.13. The van der Waals surface area contributed by atoms with Crippen LogP contribution in [0.2, 0.25) is 0 Å². The molecule has 0 bridgehead atoms. The van der Waals surface area contributed by atoms with E-state index >= 15 is 0 Å². The van der Waals surface area contributed by atoms with Gasteiger partial charge in [0.25, 0.3) is 0 Å². The van der Waals surface area contributed by atoms with Gasteiger partial charge in [0.1, 0.15) is 6.61 Å². The fraction of sp³-hybridized carbons (Fsp3) is 0.400. The third kappa shape index (κ3) is 4.99. The monoisotopic (exact) mass is 453 g/mol. The largest absolute Gasteiger partial charge is 0.458 e. The molecule has 0 spiro atoms. The Hall–Kier alpha value is -2.80. The molecular formula is C25H31N3O3S. The van der Waals surface area contributed by atoms with E-state index in [0.717, 1.165) is 34.0 Å². The molecule has 2 atom stereocenters. The fourth-order valence-corrected chi connectivity index (χ4v) is 4.83.